The molecule has 0 amide bonds. The van der Waals surface area contributed by atoms with Gasteiger partial charge in [0.25, 0.3) is 0 Å². The molecule has 0 saturated carbocycles. The van der Waals surface area contributed by atoms with Crippen molar-refractivity contribution in [2.75, 3.05) is 6.61 Å². The third kappa shape index (κ3) is 3.63. The zero-order valence-electron chi connectivity index (χ0n) is 10.1. The minimum atomic E-state index is 0.721. The first kappa shape index (κ1) is 11.7. The van der Waals surface area contributed by atoms with Crippen molar-refractivity contribution in [3.8, 4) is 5.75 Å². The number of benzene rings is 1. The van der Waals surface area contributed by atoms with E-state index in [-0.39, 0.29) is 0 Å². The van der Waals surface area contributed by atoms with Crippen molar-refractivity contribution >= 4 is 0 Å². The molecule has 90 valence electrons. The average molecular weight is 230 g/mol. The number of imidazole rings is 1. The predicted molar refractivity (Wildman–Crippen MR) is 68.2 cm³/mol. The maximum atomic E-state index is 5.41. The molecule has 3 heteroatoms. The zero-order valence-corrected chi connectivity index (χ0v) is 10.1. The fraction of sp³-hybridized carbons (Fsp3) is 0.357. The number of rotatable bonds is 6. The maximum absolute atomic E-state index is 5.41. The molecule has 2 rings (SSSR count). The van der Waals surface area contributed by atoms with Crippen molar-refractivity contribution in [3.63, 3.8) is 0 Å². The van der Waals surface area contributed by atoms with E-state index in [1.54, 1.807) is 6.33 Å². The van der Waals surface area contributed by atoms with Crippen LogP contribution in [0.2, 0.25) is 0 Å². The molecule has 0 spiro atoms. The summed E-state index contributed by atoms with van der Waals surface area (Å²) < 4.78 is 5.41. The smallest absolute Gasteiger partial charge is 0.119 e. The average Bonchev–Trinajstić information content (AvgIpc) is 2.85. The highest BCUT2D eigenvalue weighted by atomic mass is 16.5. The molecule has 0 aliphatic carbocycles. The molecular weight excluding hydrogens is 212 g/mol. The number of nitrogens with zero attached hydrogens (tertiary/aromatic N) is 1. The molecule has 0 fully saturated rings. The first-order valence-corrected chi connectivity index (χ1v) is 6.07. The maximum Gasteiger partial charge on any atom is 0.119 e. The molecule has 17 heavy (non-hydrogen) atoms. The molecule has 0 atom stereocenters. The topological polar surface area (TPSA) is 37.9 Å². The summed E-state index contributed by atoms with van der Waals surface area (Å²) in [6.07, 6.45) is 6.89. The van der Waals surface area contributed by atoms with Crippen molar-refractivity contribution in [1.82, 2.24) is 9.97 Å². The fourth-order valence-corrected chi connectivity index (χ4v) is 1.82. The lowest BCUT2D eigenvalue weighted by Gasteiger charge is -2.04. The summed E-state index contributed by atoms with van der Waals surface area (Å²) in [4.78, 5) is 7.13. The van der Waals surface area contributed by atoms with Crippen molar-refractivity contribution in [2.45, 2.75) is 26.2 Å². The third-order valence-corrected chi connectivity index (χ3v) is 2.70. The van der Waals surface area contributed by atoms with E-state index in [1.807, 2.05) is 25.3 Å². The van der Waals surface area contributed by atoms with Crippen molar-refractivity contribution in [3.05, 3.63) is 48.0 Å². The van der Waals surface area contributed by atoms with Crippen LogP contribution in [0.4, 0.5) is 0 Å². The number of nitrogens with one attached hydrogen (secondary N) is 1. The van der Waals surface area contributed by atoms with Crippen molar-refractivity contribution in [2.24, 2.45) is 0 Å². The van der Waals surface area contributed by atoms with Crippen LogP contribution in [0.5, 0.6) is 5.75 Å². The van der Waals surface area contributed by atoms with Gasteiger partial charge in [-0.2, -0.15) is 0 Å². The van der Waals surface area contributed by atoms with Crippen molar-refractivity contribution < 1.29 is 4.74 Å². The minimum Gasteiger partial charge on any atom is -0.494 e. The molecule has 3 nitrogen and oxygen atoms in total. The van der Waals surface area contributed by atoms with Gasteiger partial charge < -0.3 is 9.72 Å². The predicted octanol–water partition coefficient (Wildman–Crippen LogP) is 2.98. The number of ether oxygens (including phenoxy) is 1. The summed E-state index contributed by atoms with van der Waals surface area (Å²) in [5.74, 6) is 0.949. The Bertz CT molecular complexity index is 420. The Kier molecular flexibility index (Phi) is 4.19. The lowest BCUT2D eigenvalue weighted by atomic mass is 10.1. The first-order valence-electron chi connectivity index (χ1n) is 6.07. The molecule has 1 aromatic heterocycles. The molecule has 2 aromatic rings. The fourth-order valence-electron chi connectivity index (χ4n) is 1.82. The Morgan fingerprint density at radius 2 is 2.00 bits per heavy atom. The van der Waals surface area contributed by atoms with Gasteiger partial charge in [-0.1, -0.05) is 12.1 Å². The van der Waals surface area contributed by atoms with Gasteiger partial charge in [-0.05, 0) is 43.9 Å². The lowest BCUT2D eigenvalue weighted by molar-refractivity contribution is 0.340. The highest BCUT2D eigenvalue weighted by Crippen LogP contribution is 2.13. The van der Waals surface area contributed by atoms with Crippen LogP contribution in [-0.2, 0) is 12.8 Å². The molecule has 0 bridgehead atoms. The second-order valence-electron chi connectivity index (χ2n) is 4.01. The number of H-pyrrole nitrogens is 1. The van der Waals surface area contributed by atoms with Crippen LogP contribution in [0, 0.1) is 0 Å². The highest BCUT2D eigenvalue weighted by Gasteiger charge is 1.97. The van der Waals surface area contributed by atoms with E-state index in [0.29, 0.717) is 0 Å². The number of hydrogen-bond acceptors (Lipinski definition) is 2. The van der Waals surface area contributed by atoms with Crippen LogP contribution in [0.1, 0.15) is 24.6 Å². The number of hydrogen-bond donors (Lipinski definition) is 1. The summed E-state index contributed by atoms with van der Waals surface area (Å²) in [5.41, 5.74) is 2.56. The molecule has 1 N–H and O–H groups in total. The van der Waals surface area contributed by atoms with Crippen LogP contribution < -0.4 is 4.74 Å². The van der Waals surface area contributed by atoms with Gasteiger partial charge in [0, 0.05) is 11.9 Å². The van der Waals surface area contributed by atoms with Gasteiger partial charge in [0.2, 0.25) is 0 Å². The monoisotopic (exact) mass is 230 g/mol. The van der Waals surface area contributed by atoms with Crippen LogP contribution in [0.25, 0.3) is 0 Å². The van der Waals surface area contributed by atoms with Gasteiger partial charge in [0.05, 0.1) is 12.9 Å². The second kappa shape index (κ2) is 6.09. The van der Waals surface area contributed by atoms with E-state index < -0.39 is 0 Å². The van der Waals surface area contributed by atoms with E-state index in [4.69, 9.17) is 4.74 Å². The van der Waals surface area contributed by atoms with E-state index in [9.17, 15) is 0 Å². The van der Waals surface area contributed by atoms with Crippen molar-refractivity contribution in [1.29, 1.82) is 0 Å². The normalized spacial score (nSPS) is 10.4. The Morgan fingerprint density at radius 1 is 1.18 bits per heavy atom. The highest BCUT2D eigenvalue weighted by molar-refractivity contribution is 5.27. The zero-order chi connectivity index (χ0) is 11.9. The molecular formula is C14H18N2O. The Labute approximate surface area is 102 Å². The van der Waals surface area contributed by atoms with Gasteiger partial charge in [-0.3, -0.25) is 0 Å². The summed E-state index contributed by atoms with van der Waals surface area (Å²) >= 11 is 0. The summed E-state index contributed by atoms with van der Waals surface area (Å²) in [6, 6.07) is 8.35. The number of aromatic amines is 1. The van der Waals surface area contributed by atoms with E-state index in [0.717, 1.165) is 31.6 Å². The SMILES string of the molecule is CCOc1ccc(CCCc2cnc[nH]2)cc1. The third-order valence-electron chi connectivity index (χ3n) is 2.70. The quantitative estimate of drug-likeness (QED) is 0.828. The van der Waals surface area contributed by atoms with E-state index in [2.05, 4.69) is 22.1 Å². The molecule has 0 aliphatic rings. The van der Waals surface area contributed by atoms with Crippen LogP contribution in [0.15, 0.2) is 36.8 Å². The number of aromatic nitrogens is 2. The standard InChI is InChI=1S/C14H18N2O/c1-2-17-14-8-6-12(7-9-14)4-3-5-13-10-15-11-16-13/h6-11H,2-5H2,1H3,(H,15,16). The van der Waals surface area contributed by atoms with Crippen LogP contribution in [0.3, 0.4) is 0 Å². The van der Waals surface area contributed by atoms with Gasteiger partial charge in [0.1, 0.15) is 5.75 Å². The van der Waals surface area contributed by atoms with Gasteiger partial charge in [-0.25, -0.2) is 4.98 Å². The number of aryl methyl sites for hydroxylation is 2. The van der Waals surface area contributed by atoms with Crippen LogP contribution >= 0.6 is 0 Å². The molecule has 0 aliphatic heterocycles. The summed E-state index contributed by atoms with van der Waals surface area (Å²) in [7, 11) is 0. The van der Waals surface area contributed by atoms with Crippen LogP contribution in [-0.4, -0.2) is 16.6 Å². The Hall–Kier alpha value is -1.77. The summed E-state index contributed by atoms with van der Waals surface area (Å²) in [5, 5.41) is 0. The molecule has 0 unspecified atom stereocenters. The van der Waals surface area contributed by atoms with Gasteiger partial charge in [-0.15, -0.1) is 0 Å². The van der Waals surface area contributed by atoms with Gasteiger partial charge >= 0.3 is 0 Å². The molecule has 0 saturated heterocycles. The summed E-state index contributed by atoms with van der Waals surface area (Å²) in [6.45, 7) is 2.72. The minimum absolute atomic E-state index is 0.721. The first-order chi connectivity index (χ1) is 8.38. The molecule has 1 aromatic carbocycles. The lowest BCUT2D eigenvalue weighted by Crippen LogP contribution is -1.93. The Balaban J connectivity index is 1.79. The van der Waals surface area contributed by atoms with E-state index in [1.165, 1.54) is 11.3 Å². The second-order valence-corrected chi connectivity index (χ2v) is 4.01. The molecule has 0 radical (unpaired) electrons. The molecule has 1 heterocycles. The largest absolute Gasteiger partial charge is 0.494 e. The van der Waals surface area contributed by atoms with Gasteiger partial charge in [0.15, 0.2) is 0 Å². The Morgan fingerprint density at radius 3 is 2.65 bits per heavy atom. The van der Waals surface area contributed by atoms with E-state index >= 15 is 0 Å².